The Morgan fingerprint density at radius 1 is 1.20 bits per heavy atom. The van der Waals surface area contributed by atoms with Crippen LogP contribution in [0.25, 0.3) is 0 Å². The van der Waals surface area contributed by atoms with Crippen LogP contribution in [0.15, 0.2) is 42.6 Å². The highest BCUT2D eigenvalue weighted by molar-refractivity contribution is 5.81. The van der Waals surface area contributed by atoms with Gasteiger partial charge in [-0.15, -0.1) is 0 Å². The van der Waals surface area contributed by atoms with E-state index in [1.165, 1.54) is 11.1 Å². The Hall–Kier alpha value is -3.10. The predicted molar refractivity (Wildman–Crippen MR) is 129 cm³/mol. The number of hydrogen-bond acceptors (Lipinski definition) is 4. The maximum absolute atomic E-state index is 12.7. The highest BCUT2D eigenvalue weighted by atomic mass is 19.4. The number of pyridine rings is 1. The fourth-order valence-corrected chi connectivity index (χ4v) is 4.91. The summed E-state index contributed by atoms with van der Waals surface area (Å²) in [5.74, 6) is 0.00976. The number of hydrogen-bond donors (Lipinski definition) is 1. The number of nitrogens with one attached hydrogen (secondary N) is 1. The molecule has 4 rings (SSSR count). The van der Waals surface area contributed by atoms with E-state index in [9.17, 15) is 22.8 Å². The lowest BCUT2D eigenvalue weighted by atomic mass is 9.83. The molecule has 2 aromatic rings. The van der Waals surface area contributed by atoms with Gasteiger partial charge in [-0.1, -0.05) is 38.1 Å². The van der Waals surface area contributed by atoms with Crippen LogP contribution in [0.5, 0.6) is 0 Å². The molecule has 2 unspecified atom stereocenters. The van der Waals surface area contributed by atoms with Gasteiger partial charge in [0, 0.05) is 38.5 Å². The number of carbonyl (C=O) groups excluding carboxylic acids is 2. The number of amides is 2. The van der Waals surface area contributed by atoms with Crippen LogP contribution >= 0.6 is 0 Å². The number of alkyl halides is 3. The van der Waals surface area contributed by atoms with Crippen molar-refractivity contribution in [3.05, 3.63) is 59.4 Å². The minimum Gasteiger partial charge on any atom is -0.380 e. The Morgan fingerprint density at radius 2 is 1.89 bits per heavy atom. The van der Waals surface area contributed by atoms with Crippen molar-refractivity contribution in [3.8, 4) is 0 Å². The van der Waals surface area contributed by atoms with Gasteiger partial charge in [-0.25, -0.2) is 0 Å². The van der Waals surface area contributed by atoms with E-state index in [4.69, 9.17) is 0 Å². The molecule has 1 aromatic carbocycles. The molecule has 190 valence electrons. The zero-order valence-electron chi connectivity index (χ0n) is 20.6. The fraction of sp³-hybridized carbons (Fsp3) is 0.500. The monoisotopic (exact) mass is 490 g/mol. The van der Waals surface area contributed by atoms with Crippen LogP contribution in [-0.4, -0.2) is 59.5 Å². The first-order valence-electron chi connectivity index (χ1n) is 11.7. The Morgan fingerprint density at radius 3 is 2.46 bits per heavy atom. The zero-order valence-corrected chi connectivity index (χ0v) is 20.6. The van der Waals surface area contributed by atoms with Gasteiger partial charge in [-0.05, 0) is 36.1 Å². The van der Waals surface area contributed by atoms with Crippen LogP contribution < -0.4 is 5.32 Å². The largest absolute Gasteiger partial charge is 0.380 e. The molecule has 2 atom stereocenters. The summed E-state index contributed by atoms with van der Waals surface area (Å²) in [5.41, 5.74) is 4.72. The minimum absolute atomic E-state index is 0.0382. The maximum Gasteiger partial charge on any atom is 0.379 e. The second-order valence-electron chi connectivity index (χ2n) is 9.71. The number of benzene rings is 1. The standard InChI is InChI=1S/C25H32N4O2.CHF3/c1-17(30)29-12-11-19(15-29)24(31)28(4)16-21-10-9-20(14-26-21)27-23-13-18-7-5-6-8-22(18)25(23,2)3;2-1(3)4/h5-10,14,19,23,27H,11-13,15-16H2,1-4H3;1H. The molecular formula is C26H33F3N4O2. The van der Waals surface area contributed by atoms with Crippen LogP contribution in [0.2, 0.25) is 0 Å². The quantitative estimate of drug-likeness (QED) is 0.675. The van der Waals surface area contributed by atoms with Gasteiger partial charge in [0.25, 0.3) is 0 Å². The maximum atomic E-state index is 12.7. The van der Waals surface area contributed by atoms with Gasteiger partial charge in [-0.2, -0.15) is 13.2 Å². The summed E-state index contributed by atoms with van der Waals surface area (Å²) in [4.78, 5) is 32.3. The zero-order chi connectivity index (χ0) is 25.8. The van der Waals surface area contributed by atoms with Gasteiger partial charge in [0.15, 0.2) is 0 Å². The van der Waals surface area contributed by atoms with Crippen LogP contribution in [0.3, 0.4) is 0 Å². The SMILES string of the molecule is CC(=O)N1CCC(C(=O)N(C)Cc2ccc(NC3Cc4ccccc4C3(C)C)cn2)C1.FC(F)F. The molecule has 9 heteroatoms. The third kappa shape index (κ3) is 6.52. The van der Waals surface area contributed by atoms with Crippen LogP contribution in [0, 0.1) is 5.92 Å². The summed E-state index contributed by atoms with van der Waals surface area (Å²) in [7, 11) is 1.81. The molecule has 0 spiro atoms. The minimum atomic E-state index is -3.67. The lowest BCUT2D eigenvalue weighted by Gasteiger charge is -2.30. The molecule has 1 fully saturated rings. The van der Waals surface area contributed by atoms with E-state index in [1.807, 2.05) is 25.4 Å². The first kappa shape index (κ1) is 26.5. The Labute approximate surface area is 204 Å². The lowest BCUT2D eigenvalue weighted by molar-refractivity contribution is -0.134. The number of carbonyl (C=O) groups is 2. The fourth-order valence-electron chi connectivity index (χ4n) is 4.91. The molecule has 1 N–H and O–H groups in total. The molecule has 0 bridgehead atoms. The van der Waals surface area contributed by atoms with E-state index in [0.717, 1.165) is 24.2 Å². The molecule has 2 aliphatic rings. The average molecular weight is 491 g/mol. The second kappa shape index (κ2) is 11.1. The topological polar surface area (TPSA) is 65.5 Å². The van der Waals surface area contributed by atoms with Crippen molar-refractivity contribution in [2.24, 2.45) is 5.92 Å². The van der Waals surface area contributed by atoms with Crippen molar-refractivity contribution in [1.82, 2.24) is 14.8 Å². The van der Waals surface area contributed by atoms with E-state index in [-0.39, 0.29) is 23.1 Å². The van der Waals surface area contributed by atoms with Gasteiger partial charge in [0.2, 0.25) is 11.8 Å². The van der Waals surface area contributed by atoms with Crippen LogP contribution in [0.4, 0.5) is 18.9 Å². The van der Waals surface area contributed by atoms with Crippen LogP contribution in [-0.2, 0) is 28.0 Å². The number of halogens is 3. The second-order valence-corrected chi connectivity index (χ2v) is 9.71. The first-order valence-corrected chi connectivity index (χ1v) is 11.7. The summed E-state index contributed by atoms with van der Waals surface area (Å²) < 4.78 is 29.0. The molecule has 6 nitrogen and oxygen atoms in total. The lowest BCUT2D eigenvalue weighted by Crippen LogP contribution is -2.36. The number of nitrogens with zero attached hydrogens (tertiary/aromatic N) is 3. The van der Waals surface area contributed by atoms with E-state index in [2.05, 4.69) is 48.4 Å². The smallest absolute Gasteiger partial charge is 0.379 e. The van der Waals surface area contributed by atoms with Gasteiger partial charge in [0.1, 0.15) is 0 Å². The van der Waals surface area contributed by atoms with E-state index in [0.29, 0.717) is 25.7 Å². The molecule has 1 aliphatic heterocycles. The van der Waals surface area contributed by atoms with Gasteiger partial charge in [-0.3, -0.25) is 14.6 Å². The number of rotatable bonds is 5. The molecular weight excluding hydrogens is 457 g/mol. The molecule has 1 aliphatic carbocycles. The van der Waals surface area contributed by atoms with Crippen molar-refractivity contribution >= 4 is 17.5 Å². The Balaban J connectivity index is 0.000000795. The normalized spacial score (nSPS) is 20.2. The van der Waals surface area contributed by atoms with Crippen molar-refractivity contribution in [2.75, 3.05) is 25.5 Å². The molecule has 0 saturated carbocycles. The van der Waals surface area contributed by atoms with E-state index >= 15 is 0 Å². The van der Waals surface area contributed by atoms with Crippen molar-refractivity contribution in [1.29, 1.82) is 0 Å². The number of anilines is 1. The summed E-state index contributed by atoms with van der Waals surface area (Å²) in [6.07, 6.45) is 3.60. The Kier molecular flexibility index (Phi) is 8.40. The van der Waals surface area contributed by atoms with Crippen molar-refractivity contribution in [2.45, 2.75) is 58.3 Å². The first-order chi connectivity index (χ1) is 16.5. The number of aromatic nitrogens is 1. The third-order valence-electron chi connectivity index (χ3n) is 6.93. The summed E-state index contributed by atoms with van der Waals surface area (Å²) in [6, 6.07) is 13.0. The highest BCUT2D eigenvalue weighted by Crippen LogP contribution is 2.39. The number of likely N-dealkylation sites (tertiary alicyclic amines) is 1. The molecule has 0 radical (unpaired) electrons. The molecule has 2 amide bonds. The van der Waals surface area contributed by atoms with Gasteiger partial charge < -0.3 is 15.1 Å². The van der Waals surface area contributed by atoms with Crippen molar-refractivity contribution < 1.29 is 22.8 Å². The summed E-state index contributed by atoms with van der Waals surface area (Å²) in [5, 5.41) is 3.66. The number of fused-ring (bicyclic) bond motifs is 1. The highest BCUT2D eigenvalue weighted by Gasteiger charge is 2.39. The van der Waals surface area contributed by atoms with E-state index in [1.54, 1.807) is 16.7 Å². The van der Waals surface area contributed by atoms with Crippen LogP contribution in [0.1, 0.15) is 44.0 Å². The summed E-state index contributed by atoms with van der Waals surface area (Å²) in [6.45, 7) is 4.12. The Bertz CT molecular complexity index is 1030. The molecule has 35 heavy (non-hydrogen) atoms. The van der Waals surface area contributed by atoms with Gasteiger partial charge >= 0.3 is 6.68 Å². The molecule has 1 saturated heterocycles. The predicted octanol–water partition coefficient (Wildman–Crippen LogP) is 4.40. The summed E-state index contributed by atoms with van der Waals surface area (Å²) >= 11 is 0. The molecule has 2 heterocycles. The van der Waals surface area contributed by atoms with Crippen molar-refractivity contribution in [3.63, 3.8) is 0 Å². The van der Waals surface area contributed by atoms with E-state index < -0.39 is 6.68 Å². The third-order valence-corrected chi connectivity index (χ3v) is 6.93. The average Bonchev–Trinajstić information content (AvgIpc) is 3.38. The molecule has 1 aromatic heterocycles. The van der Waals surface area contributed by atoms with Gasteiger partial charge in [0.05, 0.1) is 30.0 Å².